The number of hydrogen-bond donors (Lipinski definition) is 2. The second-order valence-electron chi connectivity index (χ2n) is 7.50. The summed E-state index contributed by atoms with van der Waals surface area (Å²) in [5, 5.41) is 7.44. The zero-order chi connectivity index (χ0) is 21.9. The minimum Gasteiger partial charge on any atom is -0.381 e. The first-order valence-electron chi connectivity index (χ1n) is 11.1. The van der Waals surface area contributed by atoms with Crippen LogP contribution in [0.2, 0.25) is 0 Å². The quantitative estimate of drug-likeness (QED) is 0.358. The van der Waals surface area contributed by atoms with E-state index in [2.05, 4.69) is 46.6 Å². The van der Waals surface area contributed by atoms with Crippen molar-refractivity contribution in [2.24, 2.45) is 0 Å². The average molecular weight is 441 g/mol. The molecular formula is C24H32N4O2S. The van der Waals surface area contributed by atoms with Gasteiger partial charge in [0.25, 0.3) is 0 Å². The molecule has 1 amide bonds. The van der Waals surface area contributed by atoms with Crippen LogP contribution in [0.3, 0.4) is 0 Å². The molecule has 0 radical (unpaired) electrons. The number of aryl methyl sites for hydroxylation is 1. The molecule has 0 fully saturated rings. The van der Waals surface area contributed by atoms with Crippen LogP contribution < -0.4 is 10.6 Å². The number of ether oxygens (including phenoxy) is 1. The molecule has 0 saturated carbocycles. The number of unbranched alkanes of at least 4 members (excludes halogenated alkanes) is 1. The third kappa shape index (κ3) is 6.74. The molecule has 0 atom stereocenters. The van der Waals surface area contributed by atoms with Crippen LogP contribution in [0, 0.1) is 6.92 Å². The smallest absolute Gasteiger partial charge is 0.220 e. The van der Waals surface area contributed by atoms with Gasteiger partial charge in [-0.2, -0.15) is 0 Å². The zero-order valence-corrected chi connectivity index (χ0v) is 19.3. The second-order valence-corrected chi connectivity index (χ2v) is 8.70. The molecular weight excluding hydrogens is 408 g/mol. The number of rotatable bonds is 13. The molecule has 3 rings (SSSR count). The number of carbonyl (C=O) groups excluding carboxylic acids is 1. The van der Waals surface area contributed by atoms with Gasteiger partial charge < -0.3 is 15.4 Å². The minimum atomic E-state index is 0.0829. The van der Waals surface area contributed by atoms with Gasteiger partial charge in [-0.25, -0.2) is 9.97 Å². The Labute approximate surface area is 188 Å². The molecule has 1 aromatic carbocycles. The van der Waals surface area contributed by atoms with Gasteiger partial charge in [0.05, 0.1) is 5.39 Å². The highest BCUT2D eigenvalue weighted by atomic mass is 32.1. The van der Waals surface area contributed by atoms with Crippen molar-refractivity contribution in [3.05, 3.63) is 41.5 Å². The van der Waals surface area contributed by atoms with Crippen molar-refractivity contribution in [3.63, 3.8) is 0 Å². The van der Waals surface area contributed by atoms with Crippen molar-refractivity contribution in [2.75, 3.05) is 31.6 Å². The Morgan fingerprint density at radius 1 is 1.06 bits per heavy atom. The minimum absolute atomic E-state index is 0.0829. The van der Waals surface area contributed by atoms with Crippen LogP contribution in [0.1, 0.15) is 43.9 Å². The molecule has 0 saturated heterocycles. The number of nitrogens with one attached hydrogen (secondary N) is 2. The number of anilines is 1. The Balaban J connectivity index is 1.48. The van der Waals surface area contributed by atoms with Crippen LogP contribution in [0.5, 0.6) is 0 Å². The van der Waals surface area contributed by atoms with E-state index < -0.39 is 0 Å². The summed E-state index contributed by atoms with van der Waals surface area (Å²) >= 11 is 1.68. The number of nitrogens with zero attached hydrogens (tertiary/aromatic N) is 2. The van der Waals surface area contributed by atoms with Gasteiger partial charge >= 0.3 is 0 Å². The number of fused-ring (bicyclic) bond motifs is 1. The Bertz CT molecular complexity index is 959. The first-order chi connectivity index (χ1) is 15.2. The maximum Gasteiger partial charge on any atom is 0.220 e. The van der Waals surface area contributed by atoms with Gasteiger partial charge in [-0.15, -0.1) is 11.3 Å². The number of carbonyl (C=O) groups is 1. The van der Waals surface area contributed by atoms with E-state index in [0.717, 1.165) is 48.3 Å². The lowest BCUT2D eigenvalue weighted by molar-refractivity contribution is -0.121. The van der Waals surface area contributed by atoms with Gasteiger partial charge in [0.15, 0.2) is 0 Å². The van der Waals surface area contributed by atoms with E-state index in [1.54, 1.807) is 17.7 Å². The number of thiophene rings is 1. The Morgan fingerprint density at radius 3 is 2.68 bits per heavy atom. The number of benzene rings is 1. The van der Waals surface area contributed by atoms with Crippen LogP contribution in [0.25, 0.3) is 21.3 Å². The summed E-state index contributed by atoms with van der Waals surface area (Å²) in [6, 6.07) is 10.3. The molecule has 2 heterocycles. The molecule has 0 unspecified atom stereocenters. The maximum atomic E-state index is 12.0. The van der Waals surface area contributed by atoms with E-state index in [1.165, 1.54) is 16.0 Å². The van der Waals surface area contributed by atoms with Crippen LogP contribution in [0.15, 0.2) is 36.7 Å². The molecule has 166 valence electrons. The Hall–Kier alpha value is -2.51. The standard InChI is InChI=1S/C24H32N4O2S/c1-3-4-15-30-16-9-14-25-20(29)12-8-13-26-23-22-21(19-10-6-5-7-11-19)18(2)31-24(22)28-17-27-23/h5-7,10-11,17H,3-4,8-9,12-16H2,1-2H3,(H,25,29)(H,26,27,28). The molecule has 2 aromatic heterocycles. The van der Waals surface area contributed by atoms with Crippen molar-refractivity contribution < 1.29 is 9.53 Å². The third-order valence-corrected chi connectivity index (χ3v) is 6.04. The fourth-order valence-electron chi connectivity index (χ4n) is 3.43. The molecule has 3 aromatic rings. The molecule has 0 bridgehead atoms. The van der Waals surface area contributed by atoms with Crippen molar-refractivity contribution in [1.29, 1.82) is 0 Å². The van der Waals surface area contributed by atoms with Gasteiger partial charge in [-0.05, 0) is 31.7 Å². The Kier molecular flexibility index (Phi) is 9.24. The van der Waals surface area contributed by atoms with Gasteiger partial charge in [0.2, 0.25) is 5.91 Å². The summed E-state index contributed by atoms with van der Waals surface area (Å²) in [7, 11) is 0. The van der Waals surface area contributed by atoms with Crippen molar-refractivity contribution in [1.82, 2.24) is 15.3 Å². The van der Waals surface area contributed by atoms with Crippen LogP contribution in [-0.4, -0.2) is 42.2 Å². The van der Waals surface area contributed by atoms with Gasteiger partial charge in [-0.3, -0.25) is 4.79 Å². The van der Waals surface area contributed by atoms with E-state index in [0.29, 0.717) is 26.1 Å². The monoisotopic (exact) mass is 440 g/mol. The molecule has 2 N–H and O–H groups in total. The predicted molar refractivity (Wildman–Crippen MR) is 129 cm³/mol. The first-order valence-corrected chi connectivity index (χ1v) is 11.9. The molecule has 0 aliphatic rings. The topological polar surface area (TPSA) is 76.1 Å². The Morgan fingerprint density at radius 2 is 1.87 bits per heavy atom. The number of hydrogen-bond acceptors (Lipinski definition) is 6. The normalized spacial score (nSPS) is 11.0. The third-order valence-electron chi connectivity index (χ3n) is 5.03. The highest BCUT2D eigenvalue weighted by Gasteiger charge is 2.16. The second kappa shape index (κ2) is 12.4. The van der Waals surface area contributed by atoms with Crippen molar-refractivity contribution >= 4 is 33.3 Å². The van der Waals surface area contributed by atoms with E-state index in [4.69, 9.17) is 4.74 Å². The van der Waals surface area contributed by atoms with E-state index in [-0.39, 0.29) is 5.91 Å². The van der Waals surface area contributed by atoms with Crippen LogP contribution in [0.4, 0.5) is 5.82 Å². The number of aromatic nitrogens is 2. The highest BCUT2D eigenvalue weighted by Crippen LogP contribution is 2.40. The lowest BCUT2D eigenvalue weighted by Crippen LogP contribution is -2.25. The zero-order valence-electron chi connectivity index (χ0n) is 18.4. The fourth-order valence-corrected chi connectivity index (χ4v) is 4.44. The molecule has 0 spiro atoms. The largest absolute Gasteiger partial charge is 0.381 e. The van der Waals surface area contributed by atoms with Crippen LogP contribution in [-0.2, 0) is 9.53 Å². The van der Waals surface area contributed by atoms with E-state index in [1.807, 2.05) is 18.2 Å². The highest BCUT2D eigenvalue weighted by molar-refractivity contribution is 7.19. The summed E-state index contributed by atoms with van der Waals surface area (Å²) in [6.07, 6.45) is 5.93. The molecule has 6 nitrogen and oxygen atoms in total. The molecule has 0 aliphatic carbocycles. The van der Waals surface area contributed by atoms with Crippen LogP contribution >= 0.6 is 11.3 Å². The lowest BCUT2D eigenvalue weighted by Gasteiger charge is -2.09. The summed E-state index contributed by atoms with van der Waals surface area (Å²) in [5.41, 5.74) is 2.35. The van der Waals surface area contributed by atoms with Gasteiger partial charge in [-0.1, -0.05) is 43.7 Å². The van der Waals surface area contributed by atoms with Gasteiger partial charge in [0, 0.05) is 43.2 Å². The molecule has 7 heteroatoms. The molecule has 31 heavy (non-hydrogen) atoms. The summed E-state index contributed by atoms with van der Waals surface area (Å²) in [6.45, 7) is 7.13. The first kappa shape index (κ1) is 23.2. The number of amides is 1. The van der Waals surface area contributed by atoms with Gasteiger partial charge in [0.1, 0.15) is 17.0 Å². The SMILES string of the molecule is CCCCOCCCNC(=O)CCCNc1ncnc2sc(C)c(-c3ccccc3)c12. The summed E-state index contributed by atoms with van der Waals surface area (Å²) in [4.78, 5) is 23.2. The lowest BCUT2D eigenvalue weighted by atomic mass is 10.0. The van der Waals surface area contributed by atoms with E-state index >= 15 is 0 Å². The summed E-state index contributed by atoms with van der Waals surface area (Å²) < 4.78 is 5.51. The van der Waals surface area contributed by atoms with Crippen molar-refractivity contribution in [2.45, 2.75) is 46.0 Å². The van der Waals surface area contributed by atoms with E-state index in [9.17, 15) is 4.79 Å². The predicted octanol–water partition coefficient (Wildman–Crippen LogP) is 5.18. The maximum absolute atomic E-state index is 12.0. The molecule has 0 aliphatic heterocycles. The summed E-state index contributed by atoms with van der Waals surface area (Å²) in [5.74, 6) is 0.914. The fraction of sp³-hybridized carbons (Fsp3) is 0.458. The van der Waals surface area contributed by atoms with Crippen molar-refractivity contribution in [3.8, 4) is 11.1 Å². The average Bonchev–Trinajstić information content (AvgIpc) is 3.13.